The lowest BCUT2D eigenvalue weighted by Crippen LogP contribution is -2.37. The molecule has 0 radical (unpaired) electrons. The number of hydrogen-bond donors (Lipinski definition) is 1. The van der Waals surface area contributed by atoms with Gasteiger partial charge in [-0.1, -0.05) is 12.1 Å². The average molecular weight is 413 g/mol. The van der Waals surface area contributed by atoms with Crippen molar-refractivity contribution in [1.29, 1.82) is 0 Å². The summed E-state index contributed by atoms with van der Waals surface area (Å²) in [6.45, 7) is 1.88. The summed E-state index contributed by atoms with van der Waals surface area (Å²) in [5, 5.41) is 14.8. The number of carbonyl (C=O) groups excluding carboxylic acids is 2. The molecule has 1 N–H and O–H groups in total. The number of benzene rings is 1. The molecule has 1 fully saturated rings. The molecule has 1 saturated carbocycles. The minimum Gasteiger partial charge on any atom is -0.481 e. The Morgan fingerprint density at radius 3 is 2.37 bits per heavy atom. The van der Waals surface area contributed by atoms with E-state index in [0.717, 1.165) is 11.3 Å². The van der Waals surface area contributed by atoms with Crippen molar-refractivity contribution in [1.82, 2.24) is 5.01 Å². The third-order valence-electron chi connectivity index (χ3n) is 5.48. The summed E-state index contributed by atoms with van der Waals surface area (Å²) < 4.78 is 5.10. The first-order valence-corrected chi connectivity index (χ1v) is 10.1. The predicted octanol–water partition coefficient (Wildman–Crippen LogP) is 2.54. The minimum atomic E-state index is -0.807. The molecule has 0 atom stereocenters. The molecule has 0 saturated heterocycles. The summed E-state index contributed by atoms with van der Waals surface area (Å²) in [7, 11) is 3.88. The van der Waals surface area contributed by atoms with Gasteiger partial charge in [0.2, 0.25) is 0 Å². The van der Waals surface area contributed by atoms with Gasteiger partial charge in [0, 0.05) is 19.8 Å². The maximum atomic E-state index is 13.1. The van der Waals surface area contributed by atoms with Crippen LogP contribution in [0, 0.1) is 5.92 Å². The van der Waals surface area contributed by atoms with Crippen molar-refractivity contribution in [2.24, 2.45) is 11.0 Å². The lowest BCUT2D eigenvalue weighted by Gasteiger charge is -2.30. The molecule has 8 heteroatoms. The van der Waals surface area contributed by atoms with Crippen molar-refractivity contribution in [3.05, 3.63) is 35.4 Å². The van der Waals surface area contributed by atoms with Gasteiger partial charge in [0.05, 0.1) is 24.1 Å². The number of aliphatic carboxylic acids is 1. The molecule has 2 aliphatic rings. The second-order valence-corrected chi connectivity index (χ2v) is 7.71. The zero-order valence-electron chi connectivity index (χ0n) is 17.5. The van der Waals surface area contributed by atoms with E-state index in [1.54, 1.807) is 13.0 Å². The van der Waals surface area contributed by atoms with Gasteiger partial charge in [0.1, 0.15) is 0 Å². The molecule has 0 spiro atoms. The van der Waals surface area contributed by atoms with Crippen LogP contribution in [-0.2, 0) is 19.1 Å². The van der Waals surface area contributed by atoms with Crippen LogP contribution in [0.3, 0.4) is 0 Å². The third-order valence-corrected chi connectivity index (χ3v) is 5.48. The number of carboxylic acids is 1. The maximum absolute atomic E-state index is 13.1. The monoisotopic (exact) mass is 413 g/mol. The Hall–Kier alpha value is -3.16. The van der Waals surface area contributed by atoms with Crippen LogP contribution in [-0.4, -0.2) is 60.4 Å². The van der Waals surface area contributed by atoms with Crippen LogP contribution in [0.4, 0.5) is 5.69 Å². The topological polar surface area (TPSA) is 99.5 Å². The fourth-order valence-electron chi connectivity index (χ4n) is 3.76. The highest BCUT2D eigenvalue weighted by Gasteiger charge is 2.40. The number of anilines is 1. The third kappa shape index (κ3) is 4.53. The number of nitrogens with zero attached hydrogens (tertiary/aromatic N) is 3. The Morgan fingerprint density at radius 1 is 1.20 bits per heavy atom. The van der Waals surface area contributed by atoms with E-state index >= 15 is 0 Å². The molecular formula is C22H27N3O5. The lowest BCUT2D eigenvalue weighted by molar-refractivity contribution is -0.143. The molecule has 1 aromatic rings. The van der Waals surface area contributed by atoms with Gasteiger partial charge in [-0.3, -0.25) is 9.59 Å². The van der Waals surface area contributed by atoms with E-state index in [4.69, 9.17) is 4.74 Å². The summed E-state index contributed by atoms with van der Waals surface area (Å²) >= 11 is 0. The smallest absolute Gasteiger partial charge is 0.359 e. The van der Waals surface area contributed by atoms with Gasteiger partial charge in [-0.15, -0.1) is 0 Å². The van der Waals surface area contributed by atoms with E-state index in [1.807, 2.05) is 43.3 Å². The van der Waals surface area contributed by atoms with Crippen molar-refractivity contribution in [3.8, 4) is 0 Å². The molecule has 1 aliphatic heterocycles. The first kappa shape index (κ1) is 21.5. The molecule has 160 valence electrons. The molecule has 1 amide bonds. The highest BCUT2D eigenvalue weighted by atomic mass is 16.5. The minimum absolute atomic E-state index is 0.00102. The van der Waals surface area contributed by atoms with Gasteiger partial charge in [0.15, 0.2) is 5.71 Å². The first-order chi connectivity index (χ1) is 14.3. The Kier molecular flexibility index (Phi) is 6.54. The van der Waals surface area contributed by atoms with Crippen LogP contribution in [0.15, 0.2) is 34.9 Å². The van der Waals surface area contributed by atoms with Crippen molar-refractivity contribution in [2.75, 3.05) is 25.6 Å². The van der Waals surface area contributed by atoms with E-state index in [1.165, 1.54) is 5.01 Å². The number of amides is 1. The quantitative estimate of drug-likeness (QED) is 0.568. The summed E-state index contributed by atoms with van der Waals surface area (Å²) in [5.41, 5.74) is 1.99. The number of ether oxygens (including phenoxy) is 1. The van der Waals surface area contributed by atoms with Crippen LogP contribution in [0.25, 0.3) is 6.08 Å². The van der Waals surface area contributed by atoms with Gasteiger partial charge in [-0.2, -0.15) is 5.10 Å². The molecule has 30 heavy (non-hydrogen) atoms. The fourth-order valence-corrected chi connectivity index (χ4v) is 3.76. The Labute approximate surface area is 175 Å². The van der Waals surface area contributed by atoms with Crippen LogP contribution >= 0.6 is 0 Å². The number of esters is 1. The second kappa shape index (κ2) is 9.11. The summed E-state index contributed by atoms with van der Waals surface area (Å²) in [6, 6.07) is 7.38. The Bertz CT molecular complexity index is 881. The van der Waals surface area contributed by atoms with Crippen LogP contribution < -0.4 is 4.90 Å². The average Bonchev–Trinajstić information content (AvgIpc) is 3.05. The molecule has 3 rings (SSSR count). The molecule has 1 aromatic carbocycles. The summed E-state index contributed by atoms with van der Waals surface area (Å²) in [5.74, 6) is -2.19. The molecule has 0 bridgehead atoms. The normalized spacial score (nSPS) is 22.8. The highest BCUT2D eigenvalue weighted by molar-refractivity contribution is 6.52. The van der Waals surface area contributed by atoms with Gasteiger partial charge in [-0.05, 0) is 56.4 Å². The number of carbonyl (C=O) groups is 3. The molecule has 0 unspecified atom stereocenters. The zero-order valence-corrected chi connectivity index (χ0v) is 17.5. The van der Waals surface area contributed by atoms with E-state index in [9.17, 15) is 19.5 Å². The molecule has 0 aromatic heterocycles. The van der Waals surface area contributed by atoms with Crippen molar-refractivity contribution in [3.63, 3.8) is 0 Å². The Balaban J connectivity index is 1.86. The summed E-state index contributed by atoms with van der Waals surface area (Å²) in [6.07, 6.45) is 3.69. The fraction of sp³-hybridized carbons (Fsp3) is 0.455. The van der Waals surface area contributed by atoms with Crippen LogP contribution in [0.2, 0.25) is 0 Å². The van der Waals surface area contributed by atoms with Crippen LogP contribution in [0.5, 0.6) is 0 Å². The standard InChI is InChI=1S/C22H27N3O5/c1-4-30-22(29)19-18(13-14-5-9-16(10-6-14)24(2)3)20(26)25(23-19)17-11-7-15(8-12-17)21(27)28/h5-6,9-10,13,15,17H,4,7-8,11-12H2,1-3H3,(H,27,28)/b18-13-. The highest BCUT2D eigenvalue weighted by Crippen LogP contribution is 2.32. The van der Waals surface area contributed by atoms with Gasteiger partial charge < -0.3 is 14.7 Å². The number of rotatable bonds is 6. The van der Waals surface area contributed by atoms with Crippen molar-refractivity contribution >= 4 is 35.3 Å². The Morgan fingerprint density at radius 2 is 1.83 bits per heavy atom. The van der Waals surface area contributed by atoms with Gasteiger partial charge in [-0.25, -0.2) is 9.80 Å². The van der Waals surface area contributed by atoms with E-state index in [0.29, 0.717) is 25.7 Å². The van der Waals surface area contributed by atoms with Crippen LogP contribution in [0.1, 0.15) is 38.2 Å². The van der Waals surface area contributed by atoms with E-state index < -0.39 is 17.9 Å². The first-order valence-electron chi connectivity index (χ1n) is 10.1. The molecule has 1 heterocycles. The second-order valence-electron chi connectivity index (χ2n) is 7.71. The lowest BCUT2D eigenvalue weighted by atomic mass is 9.86. The number of carboxylic acid groups (broad SMARTS) is 1. The van der Waals surface area contributed by atoms with E-state index in [-0.39, 0.29) is 29.8 Å². The van der Waals surface area contributed by atoms with Crippen molar-refractivity contribution in [2.45, 2.75) is 38.6 Å². The van der Waals surface area contributed by atoms with Gasteiger partial charge in [0.25, 0.3) is 5.91 Å². The number of hydrogen-bond acceptors (Lipinski definition) is 6. The maximum Gasteiger partial charge on any atom is 0.359 e. The SMILES string of the molecule is CCOC(=O)C1=NN(C2CCC(C(=O)O)CC2)C(=O)/C1=C\c1ccc(N(C)C)cc1. The zero-order chi connectivity index (χ0) is 21.8. The molecule has 1 aliphatic carbocycles. The molecular weight excluding hydrogens is 386 g/mol. The number of hydrazone groups is 1. The van der Waals surface area contributed by atoms with Crippen molar-refractivity contribution < 1.29 is 24.2 Å². The largest absolute Gasteiger partial charge is 0.481 e. The molecule has 8 nitrogen and oxygen atoms in total. The van der Waals surface area contributed by atoms with Gasteiger partial charge >= 0.3 is 11.9 Å². The summed E-state index contributed by atoms with van der Waals surface area (Å²) in [4.78, 5) is 38.7. The predicted molar refractivity (Wildman–Crippen MR) is 113 cm³/mol. The van der Waals surface area contributed by atoms with E-state index in [2.05, 4.69) is 5.10 Å².